The number of hydrogen-bond donors (Lipinski definition) is 2. The number of aryl methyl sites for hydroxylation is 1. The third kappa shape index (κ3) is 2.62. The molecule has 0 aliphatic carbocycles. The number of rotatable bonds is 2. The van der Waals surface area contributed by atoms with E-state index in [1.54, 1.807) is 6.07 Å². The Kier molecular flexibility index (Phi) is 3.73. The van der Waals surface area contributed by atoms with Crippen molar-refractivity contribution in [3.8, 4) is 0 Å². The topological polar surface area (TPSA) is 74.0 Å². The lowest BCUT2D eigenvalue weighted by Gasteiger charge is -2.10. The van der Waals surface area contributed by atoms with Crippen molar-refractivity contribution in [3.63, 3.8) is 0 Å². The number of fused-ring (bicyclic) bond motifs is 2. The fourth-order valence-corrected chi connectivity index (χ4v) is 3.24. The summed E-state index contributed by atoms with van der Waals surface area (Å²) >= 11 is 0. The number of hydrogen-bond acceptors (Lipinski definition) is 3. The van der Waals surface area contributed by atoms with Gasteiger partial charge in [0.05, 0.1) is 22.4 Å². The van der Waals surface area contributed by atoms with Crippen LogP contribution < -0.4 is 16.9 Å². The molecule has 0 atom stereocenters. The molecule has 4 nitrogen and oxygen atoms in total. The predicted molar refractivity (Wildman–Crippen MR) is 111 cm³/mol. The molecular weight excluding hydrogens is 322 g/mol. The minimum absolute atomic E-state index is 0.0653. The normalized spacial score (nSPS) is 11.6. The number of aromatic nitrogens is 1. The molecule has 4 rings (SSSR count). The van der Waals surface area contributed by atoms with Gasteiger partial charge in [-0.15, -0.1) is 0 Å². The van der Waals surface area contributed by atoms with E-state index in [1.807, 2.05) is 73.8 Å². The molecule has 0 amide bonds. The Hall–Kier alpha value is -3.53. The van der Waals surface area contributed by atoms with Gasteiger partial charge in [-0.05, 0) is 47.5 Å². The zero-order valence-electron chi connectivity index (χ0n) is 14.4. The number of anilines is 2. The van der Waals surface area contributed by atoms with Crippen molar-refractivity contribution in [2.24, 2.45) is 7.05 Å². The summed E-state index contributed by atoms with van der Waals surface area (Å²) in [5.74, 6) is 0. The lowest BCUT2D eigenvalue weighted by molar-refractivity contribution is 1.00. The zero-order chi connectivity index (χ0) is 18.3. The van der Waals surface area contributed by atoms with E-state index >= 15 is 0 Å². The van der Waals surface area contributed by atoms with Gasteiger partial charge < -0.3 is 16.0 Å². The first-order chi connectivity index (χ1) is 12.5. The minimum Gasteiger partial charge on any atom is -0.397 e. The highest BCUT2D eigenvalue weighted by atomic mass is 16.1. The fourth-order valence-electron chi connectivity index (χ4n) is 3.24. The maximum atomic E-state index is 12.7. The molecule has 0 radical (unpaired) electrons. The van der Waals surface area contributed by atoms with Gasteiger partial charge in [0, 0.05) is 17.8 Å². The van der Waals surface area contributed by atoms with E-state index in [2.05, 4.69) is 4.57 Å². The fraction of sp³-hybridized carbons (Fsp3) is 0.0455. The molecule has 3 aromatic carbocycles. The molecule has 128 valence electrons. The van der Waals surface area contributed by atoms with Gasteiger partial charge >= 0.3 is 0 Å². The molecule has 4 N–H and O–H groups in total. The molecule has 0 spiro atoms. The highest BCUT2D eigenvalue weighted by Gasteiger charge is 2.08. The van der Waals surface area contributed by atoms with E-state index in [1.165, 1.54) is 0 Å². The number of nitrogens with zero attached hydrogens (tertiary/aromatic N) is 1. The van der Waals surface area contributed by atoms with E-state index in [9.17, 15) is 4.79 Å². The first-order valence-corrected chi connectivity index (χ1v) is 8.39. The van der Waals surface area contributed by atoms with E-state index in [-0.39, 0.29) is 5.43 Å². The summed E-state index contributed by atoms with van der Waals surface area (Å²) in [6.45, 7) is 0. The van der Waals surface area contributed by atoms with Crippen LogP contribution in [0.4, 0.5) is 11.4 Å². The second-order valence-corrected chi connectivity index (χ2v) is 6.40. The molecule has 26 heavy (non-hydrogen) atoms. The first kappa shape index (κ1) is 16.0. The van der Waals surface area contributed by atoms with Gasteiger partial charge in [0.25, 0.3) is 0 Å². The van der Waals surface area contributed by atoms with E-state index < -0.39 is 0 Å². The number of para-hydroxylation sites is 1. The maximum absolute atomic E-state index is 12.7. The molecule has 0 unspecified atom stereocenters. The van der Waals surface area contributed by atoms with Crippen LogP contribution in [0.1, 0.15) is 11.1 Å². The van der Waals surface area contributed by atoms with E-state index in [0.29, 0.717) is 11.4 Å². The Morgan fingerprint density at radius 3 is 2.19 bits per heavy atom. The first-order valence-electron chi connectivity index (χ1n) is 8.39. The smallest absolute Gasteiger partial charge is 0.197 e. The molecule has 4 heteroatoms. The van der Waals surface area contributed by atoms with Gasteiger partial charge in [0.2, 0.25) is 0 Å². The summed E-state index contributed by atoms with van der Waals surface area (Å²) < 4.78 is 2.06. The molecule has 0 bridgehead atoms. The Labute approximate surface area is 151 Å². The van der Waals surface area contributed by atoms with Gasteiger partial charge in [-0.2, -0.15) is 0 Å². The SMILES string of the molecule is Cn1c2ccccc2c(=O)c2ccc(C=Cc3ccc(N)c(N)c3)cc21. The Balaban J connectivity index is 1.83. The van der Waals surface area contributed by atoms with Crippen LogP contribution in [-0.4, -0.2) is 4.57 Å². The van der Waals surface area contributed by atoms with E-state index in [0.717, 1.165) is 32.9 Å². The Morgan fingerprint density at radius 2 is 1.42 bits per heavy atom. The third-order valence-electron chi connectivity index (χ3n) is 4.72. The summed E-state index contributed by atoms with van der Waals surface area (Å²) in [5.41, 5.74) is 16.6. The predicted octanol–water partition coefficient (Wildman–Crippen LogP) is 4.03. The average Bonchev–Trinajstić information content (AvgIpc) is 2.67. The quantitative estimate of drug-likeness (QED) is 0.328. The van der Waals surface area contributed by atoms with E-state index in [4.69, 9.17) is 11.5 Å². The van der Waals surface area contributed by atoms with Crippen molar-refractivity contribution >= 4 is 45.3 Å². The second kappa shape index (κ2) is 6.08. The van der Waals surface area contributed by atoms with Crippen molar-refractivity contribution in [3.05, 3.63) is 82.0 Å². The molecule has 0 aliphatic heterocycles. The van der Waals surface area contributed by atoms with Crippen LogP contribution >= 0.6 is 0 Å². The average molecular weight is 341 g/mol. The summed E-state index contributed by atoms with van der Waals surface area (Å²) in [6, 6.07) is 19.1. The highest BCUT2D eigenvalue weighted by molar-refractivity contribution is 5.94. The maximum Gasteiger partial charge on any atom is 0.197 e. The molecule has 0 aliphatic rings. The zero-order valence-corrected chi connectivity index (χ0v) is 14.4. The standard InChI is InChI=1S/C22H19N3O/c1-25-20-5-3-2-4-16(20)22(26)17-10-8-15(13-21(17)25)7-6-14-9-11-18(23)19(24)12-14/h2-13H,23-24H2,1H3. The van der Waals surface area contributed by atoms with Crippen LogP contribution in [0.3, 0.4) is 0 Å². The monoisotopic (exact) mass is 341 g/mol. The third-order valence-corrected chi connectivity index (χ3v) is 4.72. The van der Waals surface area contributed by atoms with Crippen LogP contribution in [-0.2, 0) is 7.05 Å². The molecule has 0 fully saturated rings. The van der Waals surface area contributed by atoms with Gasteiger partial charge in [0.15, 0.2) is 5.43 Å². The Morgan fingerprint density at radius 1 is 0.769 bits per heavy atom. The number of pyridine rings is 1. The van der Waals surface area contributed by atoms with Crippen molar-refractivity contribution in [1.29, 1.82) is 0 Å². The van der Waals surface area contributed by atoms with Crippen molar-refractivity contribution in [1.82, 2.24) is 4.57 Å². The van der Waals surface area contributed by atoms with Crippen LogP contribution in [0.2, 0.25) is 0 Å². The number of nitrogen functional groups attached to an aromatic ring is 2. The molecule has 1 heterocycles. The van der Waals surface area contributed by atoms with Crippen LogP contribution in [0.15, 0.2) is 65.5 Å². The van der Waals surface area contributed by atoms with Crippen molar-refractivity contribution < 1.29 is 0 Å². The van der Waals surface area contributed by atoms with Crippen molar-refractivity contribution in [2.75, 3.05) is 11.5 Å². The summed E-state index contributed by atoms with van der Waals surface area (Å²) in [6.07, 6.45) is 3.99. The van der Waals surface area contributed by atoms with Gasteiger partial charge in [0.1, 0.15) is 0 Å². The molecule has 0 saturated heterocycles. The molecule has 0 saturated carbocycles. The summed E-state index contributed by atoms with van der Waals surface area (Å²) in [4.78, 5) is 12.7. The van der Waals surface area contributed by atoms with Crippen LogP contribution in [0.5, 0.6) is 0 Å². The summed E-state index contributed by atoms with van der Waals surface area (Å²) in [7, 11) is 1.98. The van der Waals surface area contributed by atoms with Gasteiger partial charge in [-0.25, -0.2) is 0 Å². The molecule has 4 aromatic rings. The van der Waals surface area contributed by atoms with Crippen LogP contribution in [0, 0.1) is 0 Å². The minimum atomic E-state index is 0.0653. The number of nitrogens with two attached hydrogens (primary N) is 2. The van der Waals surface area contributed by atoms with Gasteiger partial charge in [-0.3, -0.25) is 4.79 Å². The highest BCUT2D eigenvalue weighted by Crippen LogP contribution is 2.21. The van der Waals surface area contributed by atoms with Gasteiger partial charge in [-0.1, -0.05) is 36.4 Å². The number of benzene rings is 3. The lowest BCUT2D eigenvalue weighted by atomic mass is 10.1. The van der Waals surface area contributed by atoms with Crippen LogP contribution in [0.25, 0.3) is 34.0 Å². The lowest BCUT2D eigenvalue weighted by Crippen LogP contribution is -2.08. The molecule has 1 aromatic heterocycles. The Bertz CT molecular complexity index is 1240. The largest absolute Gasteiger partial charge is 0.397 e. The summed E-state index contributed by atoms with van der Waals surface area (Å²) in [5, 5.41) is 1.46. The van der Waals surface area contributed by atoms with Crippen molar-refractivity contribution in [2.45, 2.75) is 0 Å². The molecular formula is C22H19N3O. The second-order valence-electron chi connectivity index (χ2n) is 6.40.